The molecule has 0 saturated heterocycles. The third-order valence-corrected chi connectivity index (χ3v) is 4.28. The molecule has 0 bridgehead atoms. The summed E-state index contributed by atoms with van der Waals surface area (Å²) in [6.07, 6.45) is 3.32. The van der Waals surface area contributed by atoms with Gasteiger partial charge in [-0.2, -0.15) is 9.40 Å². The van der Waals surface area contributed by atoms with Crippen molar-refractivity contribution in [1.82, 2.24) is 14.1 Å². The fourth-order valence-electron chi connectivity index (χ4n) is 1.35. The lowest BCUT2D eigenvalue weighted by Crippen LogP contribution is -2.29. The van der Waals surface area contributed by atoms with Gasteiger partial charge in [-0.1, -0.05) is 0 Å². The molecule has 8 heteroatoms. The van der Waals surface area contributed by atoms with E-state index < -0.39 is 10.0 Å². The van der Waals surface area contributed by atoms with Crippen LogP contribution in [0.25, 0.3) is 0 Å². The molecule has 0 spiro atoms. The van der Waals surface area contributed by atoms with Gasteiger partial charge in [-0.3, -0.25) is 4.68 Å². The molecule has 104 valence electrons. The normalized spacial score (nSPS) is 12.2. The fraction of sp³-hybridized carbons (Fsp3) is 0.700. The average molecular weight is 277 g/mol. The Balaban J connectivity index is 2.75. The molecule has 0 aromatic carbocycles. The molecule has 1 rings (SSSR count). The molecule has 0 saturated carbocycles. The summed E-state index contributed by atoms with van der Waals surface area (Å²) in [5, 5.41) is 12.6. The number of likely N-dealkylation sites (N-methyl/N-ethyl adjacent to an activating group) is 1. The zero-order valence-corrected chi connectivity index (χ0v) is 11.4. The SMILES string of the molecule is COCCN(C)S(=O)(=O)c1cnn(CCCO)c1. The Morgan fingerprint density at radius 2 is 2.28 bits per heavy atom. The van der Waals surface area contributed by atoms with Gasteiger partial charge in [0.05, 0.1) is 12.8 Å². The van der Waals surface area contributed by atoms with Crippen molar-refractivity contribution in [2.24, 2.45) is 0 Å². The summed E-state index contributed by atoms with van der Waals surface area (Å²) in [6.45, 7) is 1.18. The van der Waals surface area contributed by atoms with E-state index in [0.717, 1.165) is 0 Å². The van der Waals surface area contributed by atoms with Crippen LogP contribution in [0.15, 0.2) is 17.3 Å². The summed E-state index contributed by atoms with van der Waals surface area (Å²) < 4.78 is 31.8. The van der Waals surface area contributed by atoms with Crippen LogP contribution in [-0.4, -0.2) is 61.5 Å². The average Bonchev–Trinajstić information content (AvgIpc) is 2.82. The first kappa shape index (κ1) is 15.1. The first-order valence-electron chi connectivity index (χ1n) is 5.61. The zero-order valence-electron chi connectivity index (χ0n) is 10.6. The summed E-state index contributed by atoms with van der Waals surface area (Å²) >= 11 is 0. The second-order valence-corrected chi connectivity index (χ2v) is 5.88. The maximum Gasteiger partial charge on any atom is 0.246 e. The number of nitrogens with zero attached hydrogens (tertiary/aromatic N) is 3. The highest BCUT2D eigenvalue weighted by molar-refractivity contribution is 7.89. The number of aromatic nitrogens is 2. The van der Waals surface area contributed by atoms with Crippen LogP contribution in [0.4, 0.5) is 0 Å². The van der Waals surface area contributed by atoms with E-state index in [4.69, 9.17) is 9.84 Å². The number of sulfonamides is 1. The van der Waals surface area contributed by atoms with Crippen LogP contribution >= 0.6 is 0 Å². The number of hydrogen-bond acceptors (Lipinski definition) is 5. The number of ether oxygens (including phenoxy) is 1. The van der Waals surface area contributed by atoms with Crippen LogP contribution < -0.4 is 0 Å². The number of aliphatic hydroxyl groups is 1. The summed E-state index contributed by atoms with van der Waals surface area (Å²) in [5.41, 5.74) is 0. The maximum atomic E-state index is 12.1. The Morgan fingerprint density at radius 1 is 1.56 bits per heavy atom. The van der Waals surface area contributed by atoms with E-state index in [1.54, 1.807) is 0 Å². The van der Waals surface area contributed by atoms with Gasteiger partial charge in [0.25, 0.3) is 0 Å². The minimum Gasteiger partial charge on any atom is -0.396 e. The smallest absolute Gasteiger partial charge is 0.246 e. The number of hydrogen-bond donors (Lipinski definition) is 1. The second-order valence-electron chi connectivity index (χ2n) is 3.84. The van der Waals surface area contributed by atoms with Crippen molar-refractivity contribution in [2.45, 2.75) is 17.9 Å². The molecule has 18 heavy (non-hydrogen) atoms. The molecule has 0 amide bonds. The van der Waals surface area contributed by atoms with Crippen LogP contribution in [0.3, 0.4) is 0 Å². The molecular weight excluding hydrogens is 258 g/mol. The number of aliphatic hydroxyl groups excluding tert-OH is 1. The lowest BCUT2D eigenvalue weighted by atomic mass is 10.5. The van der Waals surface area contributed by atoms with Crippen molar-refractivity contribution < 1.29 is 18.3 Å². The molecule has 1 aromatic heterocycles. The van der Waals surface area contributed by atoms with Crippen molar-refractivity contribution >= 4 is 10.0 Å². The fourth-order valence-corrected chi connectivity index (χ4v) is 2.46. The molecule has 0 aliphatic carbocycles. The molecule has 0 fully saturated rings. The Kier molecular flexibility index (Phi) is 5.73. The van der Waals surface area contributed by atoms with Gasteiger partial charge in [-0.15, -0.1) is 0 Å². The molecule has 1 heterocycles. The monoisotopic (exact) mass is 277 g/mol. The van der Waals surface area contributed by atoms with Gasteiger partial charge in [0.1, 0.15) is 4.90 Å². The van der Waals surface area contributed by atoms with E-state index in [1.165, 1.54) is 35.5 Å². The quantitative estimate of drug-likeness (QED) is 0.694. The largest absolute Gasteiger partial charge is 0.396 e. The van der Waals surface area contributed by atoms with E-state index in [1.807, 2.05) is 0 Å². The molecule has 0 unspecified atom stereocenters. The molecule has 0 atom stereocenters. The van der Waals surface area contributed by atoms with Gasteiger partial charge in [0.2, 0.25) is 10.0 Å². The van der Waals surface area contributed by atoms with Crippen LogP contribution in [0.2, 0.25) is 0 Å². The Labute approximate surface area is 107 Å². The number of aryl methyl sites for hydroxylation is 1. The van der Waals surface area contributed by atoms with Crippen LogP contribution in [0.1, 0.15) is 6.42 Å². The van der Waals surface area contributed by atoms with Crippen molar-refractivity contribution in [2.75, 3.05) is 33.9 Å². The van der Waals surface area contributed by atoms with Crippen molar-refractivity contribution in [3.8, 4) is 0 Å². The van der Waals surface area contributed by atoms with Crippen LogP contribution in [0, 0.1) is 0 Å². The van der Waals surface area contributed by atoms with E-state index in [-0.39, 0.29) is 11.5 Å². The topological polar surface area (TPSA) is 84.7 Å². The van der Waals surface area contributed by atoms with Gasteiger partial charge in [-0.05, 0) is 6.42 Å². The van der Waals surface area contributed by atoms with Gasteiger partial charge in [0, 0.05) is 40.1 Å². The number of methoxy groups -OCH3 is 1. The molecule has 0 aliphatic rings. The van der Waals surface area contributed by atoms with E-state index in [0.29, 0.717) is 26.1 Å². The first-order chi connectivity index (χ1) is 8.52. The third-order valence-electron chi connectivity index (χ3n) is 2.47. The van der Waals surface area contributed by atoms with Gasteiger partial charge in [-0.25, -0.2) is 8.42 Å². The molecular formula is C10H19N3O4S. The van der Waals surface area contributed by atoms with Crippen LogP contribution in [-0.2, 0) is 21.3 Å². The minimum absolute atomic E-state index is 0.0513. The van der Waals surface area contributed by atoms with Crippen LogP contribution in [0.5, 0.6) is 0 Å². The molecule has 0 aliphatic heterocycles. The molecule has 1 N–H and O–H groups in total. The predicted molar refractivity (Wildman–Crippen MR) is 65.6 cm³/mol. The van der Waals surface area contributed by atoms with E-state index >= 15 is 0 Å². The highest BCUT2D eigenvalue weighted by Gasteiger charge is 2.22. The van der Waals surface area contributed by atoms with Crippen molar-refractivity contribution in [3.05, 3.63) is 12.4 Å². The van der Waals surface area contributed by atoms with E-state index in [2.05, 4.69) is 5.10 Å². The van der Waals surface area contributed by atoms with E-state index in [9.17, 15) is 8.42 Å². The lowest BCUT2D eigenvalue weighted by Gasteiger charge is -2.14. The zero-order chi connectivity index (χ0) is 13.6. The Morgan fingerprint density at radius 3 is 2.89 bits per heavy atom. The van der Waals surface area contributed by atoms with Crippen molar-refractivity contribution in [3.63, 3.8) is 0 Å². The minimum atomic E-state index is -3.51. The summed E-state index contributed by atoms with van der Waals surface area (Å²) in [5.74, 6) is 0. The lowest BCUT2D eigenvalue weighted by molar-refractivity contribution is 0.185. The van der Waals surface area contributed by atoms with Crippen molar-refractivity contribution in [1.29, 1.82) is 0 Å². The standard InChI is InChI=1S/C10H19N3O4S/c1-12(5-7-17-2)18(15,16)10-8-11-13(9-10)4-3-6-14/h8-9,14H,3-7H2,1-2H3. The highest BCUT2D eigenvalue weighted by atomic mass is 32.2. The van der Waals surface area contributed by atoms with Gasteiger partial charge < -0.3 is 9.84 Å². The van der Waals surface area contributed by atoms with Gasteiger partial charge in [0.15, 0.2) is 0 Å². The molecule has 1 aromatic rings. The first-order valence-corrected chi connectivity index (χ1v) is 7.05. The number of rotatable bonds is 8. The Bertz CT molecular complexity index is 457. The molecule has 0 radical (unpaired) electrons. The summed E-state index contributed by atoms with van der Waals surface area (Å²) in [4.78, 5) is 0.152. The Hall–Kier alpha value is -0.960. The summed E-state index contributed by atoms with van der Waals surface area (Å²) in [6, 6.07) is 0. The highest BCUT2D eigenvalue weighted by Crippen LogP contribution is 2.12. The van der Waals surface area contributed by atoms with Gasteiger partial charge >= 0.3 is 0 Å². The molecule has 7 nitrogen and oxygen atoms in total. The second kappa shape index (κ2) is 6.83. The predicted octanol–water partition coefficient (Wildman–Crippen LogP) is -0.468. The third kappa shape index (κ3) is 3.77. The maximum absolute atomic E-state index is 12.1. The summed E-state index contributed by atoms with van der Waals surface area (Å²) in [7, 11) is -0.487.